The molecule has 1 aromatic carbocycles. The number of benzene rings is 1. The number of carbonyl (C=O) groups excluding carboxylic acids is 3. The Bertz CT molecular complexity index is 973. The molecule has 0 radical (unpaired) electrons. The Balaban J connectivity index is 1.46. The number of nitrogens with zero attached hydrogens (tertiary/aromatic N) is 3. The largest absolute Gasteiger partial charge is 0.466 e. The average Bonchev–Trinajstić information content (AvgIpc) is 3.39. The van der Waals surface area contributed by atoms with Gasteiger partial charge in [0.2, 0.25) is 5.91 Å². The van der Waals surface area contributed by atoms with Crippen LogP contribution in [-0.4, -0.2) is 89.4 Å². The van der Waals surface area contributed by atoms with E-state index in [1.54, 1.807) is 0 Å². The first kappa shape index (κ1) is 29.5. The highest BCUT2D eigenvalue weighted by atomic mass is 16.6. The van der Waals surface area contributed by atoms with Crippen LogP contribution in [-0.2, 0) is 35.1 Å². The molecule has 39 heavy (non-hydrogen) atoms. The highest BCUT2D eigenvalue weighted by molar-refractivity contribution is 5.79. The fraction of sp³-hybridized carbons (Fsp3) is 0.700. The maximum absolute atomic E-state index is 13.3. The zero-order chi connectivity index (χ0) is 28.0. The van der Waals surface area contributed by atoms with E-state index in [-0.39, 0.29) is 36.4 Å². The van der Waals surface area contributed by atoms with Crippen molar-refractivity contribution in [2.24, 2.45) is 5.92 Å². The Morgan fingerprint density at radius 1 is 0.974 bits per heavy atom. The zero-order valence-corrected chi connectivity index (χ0v) is 24.0. The molecule has 2 saturated heterocycles. The van der Waals surface area contributed by atoms with E-state index in [0.29, 0.717) is 39.2 Å². The number of piperazine rings is 1. The van der Waals surface area contributed by atoms with Crippen LogP contribution in [0.2, 0.25) is 0 Å². The van der Waals surface area contributed by atoms with Crippen molar-refractivity contribution >= 4 is 17.8 Å². The first-order valence-corrected chi connectivity index (χ1v) is 14.5. The van der Waals surface area contributed by atoms with Gasteiger partial charge < -0.3 is 19.1 Å². The molecule has 1 aliphatic carbocycles. The number of likely N-dealkylation sites (tertiary alicyclic amines) is 1. The molecule has 216 valence electrons. The Kier molecular flexibility index (Phi) is 10.0. The van der Waals surface area contributed by atoms with Crippen LogP contribution in [0.25, 0.3) is 0 Å². The standard InChI is InChI=1S/C30H45N3O6/c1-5-37-27(35)23-13-15-24(16-14-23)38-29(33-17-9-12-25(33)28(36)39-30(2,3)4)32-19-18-31(26(34)21-32)20-22-10-7-6-8-11-22/h6-8,10-11,23-25,29H,5,9,12-21H2,1-4H3/t23?,24?,25-,29-/m0/s1. The van der Waals surface area contributed by atoms with Gasteiger partial charge >= 0.3 is 11.9 Å². The van der Waals surface area contributed by atoms with Crippen LogP contribution in [0, 0.1) is 5.92 Å². The van der Waals surface area contributed by atoms with E-state index in [2.05, 4.69) is 9.80 Å². The maximum Gasteiger partial charge on any atom is 0.323 e. The summed E-state index contributed by atoms with van der Waals surface area (Å²) in [4.78, 5) is 44.7. The second-order valence-corrected chi connectivity index (χ2v) is 11.9. The third-order valence-electron chi connectivity index (χ3n) is 7.74. The second kappa shape index (κ2) is 13.2. The molecule has 0 unspecified atom stereocenters. The van der Waals surface area contributed by atoms with Gasteiger partial charge in [0, 0.05) is 26.2 Å². The molecule has 2 atom stereocenters. The molecule has 9 nitrogen and oxygen atoms in total. The van der Waals surface area contributed by atoms with Crippen molar-refractivity contribution in [1.29, 1.82) is 0 Å². The van der Waals surface area contributed by atoms with Crippen molar-refractivity contribution in [3.8, 4) is 0 Å². The predicted molar refractivity (Wildman–Crippen MR) is 146 cm³/mol. The normalized spacial score (nSPS) is 25.9. The van der Waals surface area contributed by atoms with E-state index in [4.69, 9.17) is 14.2 Å². The molecular weight excluding hydrogens is 498 g/mol. The van der Waals surface area contributed by atoms with Crippen LogP contribution in [0.3, 0.4) is 0 Å². The average molecular weight is 544 g/mol. The molecule has 9 heteroatoms. The molecule has 3 fully saturated rings. The summed E-state index contributed by atoms with van der Waals surface area (Å²) in [5, 5.41) is 0. The van der Waals surface area contributed by atoms with E-state index < -0.39 is 18.0 Å². The summed E-state index contributed by atoms with van der Waals surface area (Å²) in [7, 11) is 0. The quantitative estimate of drug-likeness (QED) is 0.437. The molecule has 4 rings (SSSR count). The van der Waals surface area contributed by atoms with Crippen LogP contribution in [0.4, 0.5) is 0 Å². The zero-order valence-electron chi connectivity index (χ0n) is 24.0. The molecule has 1 aromatic rings. The van der Waals surface area contributed by atoms with Crippen LogP contribution in [0.15, 0.2) is 30.3 Å². The van der Waals surface area contributed by atoms with E-state index in [1.807, 2.05) is 62.9 Å². The summed E-state index contributed by atoms with van der Waals surface area (Å²) >= 11 is 0. The lowest BCUT2D eigenvalue weighted by Gasteiger charge is -2.45. The van der Waals surface area contributed by atoms with Gasteiger partial charge in [-0.2, -0.15) is 0 Å². The molecular formula is C30H45N3O6. The summed E-state index contributed by atoms with van der Waals surface area (Å²) in [5.41, 5.74) is 0.529. The Morgan fingerprint density at radius 2 is 1.69 bits per heavy atom. The summed E-state index contributed by atoms with van der Waals surface area (Å²) in [6.07, 6.45) is 3.92. The Labute approximate surface area is 232 Å². The minimum absolute atomic E-state index is 0.0535. The smallest absolute Gasteiger partial charge is 0.323 e. The van der Waals surface area contributed by atoms with E-state index in [0.717, 1.165) is 37.7 Å². The monoisotopic (exact) mass is 543 g/mol. The minimum atomic E-state index is -0.577. The highest BCUT2D eigenvalue weighted by Gasteiger charge is 2.43. The van der Waals surface area contributed by atoms with Crippen LogP contribution >= 0.6 is 0 Å². The van der Waals surface area contributed by atoms with Crippen molar-refractivity contribution in [1.82, 2.24) is 14.7 Å². The number of ether oxygens (including phenoxy) is 3. The highest BCUT2D eigenvalue weighted by Crippen LogP contribution is 2.32. The van der Waals surface area contributed by atoms with E-state index in [1.165, 1.54) is 0 Å². The summed E-state index contributed by atoms with van der Waals surface area (Å²) in [6, 6.07) is 9.61. The van der Waals surface area contributed by atoms with Gasteiger partial charge in [-0.3, -0.25) is 24.2 Å². The fourth-order valence-corrected chi connectivity index (χ4v) is 5.80. The lowest BCUT2D eigenvalue weighted by molar-refractivity contribution is -0.208. The molecule has 0 bridgehead atoms. The van der Waals surface area contributed by atoms with Gasteiger partial charge in [0.1, 0.15) is 11.6 Å². The van der Waals surface area contributed by atoms with Gasteiger partial charge in [0.25, 0.3) is 0 Å². The Morgan fingerprint density at radius 3 is 2.33 bits per heavy atom. The van der Waals surface area contributed by atoms with Crippen LogP contribution < -0.4 is 0 Å². The van der Waals surface area contributed by atoms with Crippen molar-refractivity contribution in [2.75, 3.05) is 32.8 Å². The fourth-order valence-electron chi connectivity index (χ4n) is 5.80. The molecule has 0 aromatic heterocycles. The summed E-state index contributed by atoms with van der Waals surface area (Å²) in [5.74, 6) is -0.406. The van der Waals surface area contributed by atoms with E-state index >= 15 is 0 Å². The van der Waals surface area contributed by atoms with E-state index in [9.17, 15) is 14.4 Å². The van der Waals surface area contributed by atoms with Crippen LogP contribution in [0.1, 0.15) is 71.8 Å². The van der Waals surface area contributed by atoms with Gasteiger partial charge in [0.05, 0.1) is 25.2 Å². The van der Waals surface area contributed by atoms with Gasteiger partial charge in [-0.05, 0) is 71.8 Å². The number of rotatable bonds is 9. The number of esters is 2. The minimum Gasteiger partial charge on any atom is -0.466 e. The SMILES string of the molecule is CCOC(=O)C1CCC(O[C@@H](N2CCN(Cc3ccccc3)C(=O)C2)N2CCC[C@H]2C(=O)OC(C)(C)C)CC1. The van der Waals surface area contributed by atoms with Gasteiger partial charge in [-0.25, -0.2) is 0 Å². The molecule has 0 N–H and O–H groups in total. The lowest BCUT2D eigenvalue weighted by Crippen LogP contribution is -2.61. The number of carbonyl (C=O) groups is 3. The molecule has 1 amide bonds. The topological polar surface area (TPSA) is 88.6 Å². The van der Waals surface area contributed by atoms with Crippen molar-refractivity contribution in [3.63, 3.8) is 0 Å². The molecule has 1 saturated carbocycles. The summed E-state index contributed by atoms with van der Waals surface area (Å²) in [6.45, 7) is 10.6. The molecule has 2 aliphatic heterocycles. The summed E-state index contributed by atoms with van der Waals surface area (Å²) < 4.78 is 17.7. The van der Waals surface area contributed by atoms with Crippen molar-refractivity contribution in [3.05, 3.63) is 35.9 Å². The second-order valence-electron chi connectivity index (χ2n) is 11.9. The molecule has 0 spiro atoms. The van der Waals surface area contributed by atoms with Crippen molar-refractivity contribution in [2.45, 2.75) is 96.9 Å². The lowest BCUT2D eigenvalue weighted by atomic mass is 9.87. The predicted octanol–water partition coefficient (Wildman–Crippen LogP) is 3.56. The number of hydrogen-bond donors (Lipinski definition) is 0. The maximum atomic E-state index is 13.3. The third-order valence-corrected chi connectivity index (χ3v) is 7.74. The molecule has 3 aliphatic rings. The number of hydrogen-bond acceptors (Lipinski definition) is 8. The van der Waals surface area contributed by atoms with Gasteiger partial charge in [0.15, 0.2) is 6.35 Å². The number of amides is 1. The van der Waals surface area contributed by atoms with Crippen molar-refractivity contribution < 1.29 is 28.6 Å². The first-order chi connectivity index (χ1) is 18.6. The first-order valence-electron chi connectivity index (χ1n) is 14.5. The van der Waals surface area contributed by atoms with Gasteiger partial charge in [-0.1, -0.05) is 30.3 Å². The van der Waals surface area contributed by atoms with Crippen LogP contribution in [0.5, 0.6) is 0 Å². The molecule has 2 heterocycles. The van der Waals surface area contributed by atoms with Gasteiger partial charge in [-0.15, -0.1) is 0 Å². The Hall–Kier alpha value is -2.49. The third kappa shape index (κ3) is 8.02.